The van der Waals surface area contributed by atoms with Gasteiger partial charge >= 0.3 is 0 Å². The Hall–Kier alpha value is -0.570. The first-order chi connectivity index (χ1) is 6.08. The fourth-order valence-electron chi connectivity index (χ4n) is 1.24. The maximum atomic E-state index is 11.7. The Morgan fingerprint density at radius 1 is 1.31 bits per heavy atom. The van der Waals surface area contributed by atoms with Gasteiger partial charge in [0.15, 0.2) is 0 Å². The van der Waals surface area contributed by atoms with Crippen molar-refractivity contribution in [3.63, 3.8) is 0 Å². The molecule has 0 heterocycles. The van der Waals surface area contributed by atoms with E-state index in [9.17, 15) is 4.79 Å². The standard InChI is InChI=1S/C10H22N2O/c1-5-8(4)9(11)10(13)12(6-2)7-3/h8-9H,5-7,11H2,1-4H3/t8?,9-/m1/s1. The van der Waals surface area contributed by atoms with E-state index in [0.29, 0.717) is 0 Å². The fraction of sp³-hybridized carbons (Fsp3) is 0.900. The largest absolute Gasteiger partial charge is 0.342 e. The van der Waals surface area contributed by atoms with Crippen LogP contribution in [-0.4, -0.2) is 29.9 Å². The Balaban J connectivity index is 4.22. The Bertz CT molecular complexity index is 155. The number of likely N-dealkylation sites (N-methyl/N-ethyl adjacent to an activating group) is 1. The Morgan fingerprint density at radius 2 is 1.77 bits per heavy atom. The molecule has 0 aliphatic rings. The van der Waals surface area contributed by atoms with Crippen molar-refractivity contribution in [2.24, 2.45) is 11.7 Å². The van der Waals surface area contributed by atoms with Crippen LogP contribution in [0.2, 0.25) is 0 Å². The second kappa shape index (κ2) is 5.97. The molecule has 78 valence electrons. The number of rotatable bonds is 5. The van der Waals surface area contributed by atoms with E-state index in [1.54, 1.807) is 4.90 Å². The van der Waals surface area contributed by atoms with Crippen LogP contribution in [0.5, 0.6) is 0 Å². The number of amides is 1. The molecule has 0 aliphatic carbocycles. The molecule has 0 saturated heterocycles. The van der Waals surface area contributed by atoms with Crippen LogP contribution in [0.15, 0.2) is 0 Å². The van der Waals surface area contributed by atoms with Gasteiger partial charge in [0.2, 0.25) is 5.91 Å². The van der Waals surface area contributed by atoms with Crippen molar-refractivity contribution in [1.29, 1.82) is 0 Å². The Kier molecular flexibility index (Phi) is 5.71. The quantitative estimate of drug-likeness (QED) is 0.702. The number of nitrogens with zero attached hydrogens (tertiary/aromatic N) is 1. The van der Waals surface area contributed by atoms with Gasteiger partial charge in [-0.1, -0.05) is 20.3 Å². The first kappa shape index (κ1) is 12.4. The molecule has 1 amide bonds. The summed E-state index contributed by atoms with van der Waals surface area (Å²) in [5.74, 6) is 0.354. The van der Waals surface area contributed by atoms with Crippen LogP contribution >= 0.6 is 0 Å². The molecule has 3 nitrogen and oxygen atoms in total. The van der Waals surface area contributed by atoms with Crippen molar-refractivity contribution in [3.8, 4) is 0 Å². The van der Waals surface area contributed by atoms with Gasteiger partial charge in [0.05, 0.1) is 6.04 Å². The molecular formula is C10H22N2O. The van der Waals surface area contributed by atoms with E-state index >= 15 is 0 Å². The van der Waals surface area contributed by atoms with Gasteiger partial charge in [-0.3, -0.25) is 4.79 Å². The summed E-state index contributed by atoms with van der Waals surface area (Å²) >= 11 is 0. The predicted octanol–water partition coefficient (Wildman–Crippen LogP) is 1.23. The molecule has 0 spiro atoms. The number of carbonyl (C=O) groups is 1. The summed E-state index contributed by atoms with van der Waals surface area (Å²) < 4.78 is 0. The van der Waals surface area contributed by atoms with Crippen LogP contribution in [-0.2, 0) is 4.79 Å². The summed E-state index contributed by atoms with van der Waals surface area (Å²) in [6, 6.07) is -0.329. The first-order valence-electron chi connectivity index (χ1n) is 5.12. The second-order valence-electron chi connectivity index (χ2n) is 3.42. The van der Waals surface area contributed by atoms with Gasteiger partial charge < -0.3 is 10.6 Å². The average Bonchev–Trinajstić information content (AvgIpc) is 2.17. The van der Waals surface area contributed by atoms with Crippen LogP contribution < -0.4 is 5.73 Å². The van der Waals surface area contributed by atoms with Crippen LogP contribution in [0.25, 0.3) is 0 Å². The summed E-state index contributed by atoms with van der Waals surface area (Å²) in [6.07, 6.45) is 0.953. The highest BCUT2D eigenvalue weighted by atomic mass is 16.2. The van der Waals surface area contributed by atoms with Gasteiger partial charge in [0.25, 0.3) is 0 Å². The number of hydrogen-bond acceptors (Lipinski definition) is 2. The van der Waals surface area contributed by atoms with Gasteiger partial charge in [-0.25, -0.2) is 0 Å². The molecule has 0 aromatic heterocycles. The topological polar surface area (TPSA) is 46.3 Å². The highest BCUT2D eigenvalue weighted by Gasteiger charge is 2.22. The average molecular weight is 186 g/mol. The van der Waals surface area contributed by atoms with E-state index in [1.807, 2.05) is 20.8 Å². The molecule has 2 N–H and O–H groups in total. The van der Waals surface area contributed by atoms with E-state index in [4.69, 9.17) is 5.73 Å². The molecule has 0 aromatic rings. The van der Waals surface area contributed by atoms with Gasteiger partial charge in [0, 0.05) is 13.1 Å². The van der Waals surface area contributed by atoms with Crippen LogP contribution in [0.3, 0.4) is 0 Å². The Morgan fingerprint density at radius 3 is 2.08 bits per heavy atom. The molecule has 3 heteroatoms. The molecule has 0 rings (SSSR count). The zero-order chi connectivity index (χ0) is 10.4. The van der Waals surface area contributed by atoms with E-state index in [0.717, 1.165) is 19.5 Å². The minimum atomic E-state index is -0.329. The Labute approximate surface area is 81.3 Å². The maximum absolute atomic E-state index is 11.7. The number of hydrogen-bond donors (Lipinski definition) is 1. The van der Waals surface area contributed by atoms with Crippen molar-refractivity contribution >= 4 is 5.91 Å². The number of nitrogens with two attached hydrogens (primary N) is 1. The highest BCUT2D eigenvalue weighted by Crippen LogP contribution is 2.08. The molecule has 0 bridgehead atoms. The third kappa shape index (κ3) is 3.35. The van der Waals surface area contributed by atoms with Crippen molar-refractivity contribution in [2.75, 3.05) is 13.1 Å². The minimum Gasteiger partial charge on any atom is -0.342 e. The fourth-order valence-corrected chi connectivity index (χ4v) is 1.24. The van der Waals surface area contributed by atoms with Crippen LogP contribution in [0.1, 0.15) is 34.1 Å². The zero-order valence-electron chi connectivity index (χ0n) is 9.21. The molecule has 0 fully saturated rings. The van der Waals surface area contributed by atoms with E-state index in [-0.39, 0.29) is 17.9 Å². The van der Waals surface area contributed by atoms with Crippen LogP contribution in [0.4, 0.5) is 0 Å². The molecule has 13 heavy (non-hydrogen) atoms. The van der Waals surface area contributed by atoms with E-state index in [2.05, 4.69) is 6.92 Å². The van der Waals surface area contributed by atoms with Crippen molar-refractivity contribution < 1.29 is 4.79 Å². The number of carbonyl (C=O) groups excluding carboxylic acids is 1. The zero-order valence-corrected chi connectivity index (χ0v) is 9.21. The van der Waals surface area contributed by atoms with Crippen molar-refractivity contribution in [2.45, 2.75) is 40.2 Å². The smallest absolute Gasteiger partial charge is 0.239 e. The molecule has 1 unspecified atom stereocenters. The molecular weight excluding hydrogens is 164 g/mol. The van der Waals surface area contributed by atoms with Crippen molar-refractivity contribution in [1.82, 2.24) is 4.90 Å². The minimum absolute atomic E-state index is 0.0827. The third-order valence-corrected chi connectivity index (χ3v) is 2.62. The molecule has 2 atom stereocenters. The normalized spacial score (nSPS) is 15.2. The van der Waals surface area contributed by atoms with Crippen LogP contribution in [0, 0.1) is 5.92 Å². The third-order valence-electron chi connectivity index (χ3n) is 2.62. The first-order valence-corrected chi connectivity index (χ1v) is 5.12. The summed E-state index contributed by atoms with van der Waals surface area (Å²) in [5.41, 5.74) is 5.83. The lowest BCUT2D eigenvalue weighted by atomic mass is 9.99. The summed E-state index contributed by atoms with van der Waals surface area (Å²) in [7, 11) is 0. The van der Waals surface area contributed by atoms with E-state index < -0.39 is 0 Å². The predicted molar refractivity (Wildman–Crippen MR) is 55.4 cm³/mol. The monoisotopic (exact) mass is 186 g/mol. The lowest BCUT2D eigenvalue weighted by Crippen LogP contribution is -2.46. The summed E-state index contributed by atoms with van der Waals surface area (Å²) in [5, 5.41) is 0. The highest BCUT2D eigenvalue weighted by molar-refractivity contribution is 5.81. The van der Waals surface area contributed by atoms with Crippen molar-refractivity contribution in [3.05, 3.63) is 0 Å². The summed E-state index contributed by atoms with van der Waals surface area (Å²) in [6.45, 7) is 9.53. The lowest BCUT2D eigenvalue weighted by molar-refractivity contribution is -0.133. The summed E-state index contributed by atoms with van der Waals surface area (Å²) in [4.78, 5) is 13.5. The maximum Gasteiger partial charge on any atom is 0.239 e. The van der Waals surface area contributed by atoms with Gasteiger partial charge in [-0.2, -0.15) is 0 Å². The SMILES string of the molecule is CCC(C)[C@@H](N)C(=O)N(CC)CC. The van der Waals surface area contributed by atoms with Gasteiger partial charge in [-0.15, -0.1) is 0 Å². The lowest BCUT2D eigenvalue weighted by Gasteiger charge is -2.25. The molecule has 0 aliphatic heterocycles. The molecule has 0 aromatic carbocycles. The van der Waals surface area contributed by atoms with E-state index in [1.165, 1.54) is 0 Å². The molecule has 0 saturated carbocycles. The van der Waals surface area contributed by atoms with Gasteiger partial charge in [-0.05, 0) is 19.8 Å². The molecule has 0 radical (unpaired) electrons. The second-order valence-corrected chi connectivity index (χ2v) is 3.42. The van der Waals surface area contributed by atoms with Gasteiger partial charge in [0.1, 0.15) is 0 Å².